The summed E-state index contributed by atoms with van der Waals surface area (Å²) in [5, 5.41) is 4.71. The molecule has 4 aromatic rings. The van der Waals surface area contributed by atoms with Crippen molar-refractivity contribution >= 4 is 40.2 Å². The Kier molecular flexibility index (Phi) is 6.41. The van der Waals surface area contributed by atoms with Crippen LogP contribution < -0.4 is 5.32 Å². The monoisotopic (exact) mass is 438 g/mol. The van der Waals surface area contributed by atoms with Gasteiger partial charge < -0.3 is 9.88 Å². The van der Waals surface area contributed by atoms with Gasteiger partial charge in [0.1, 0.15) is 5.82 Å². The summed E-state index contributed by atoms with van der Waals surface area (Å²) in [7, 11) is 0. The van der Waals surface area contributed by atoms with Gasteiger partial charge in [0, 0.05) is 51.4 Å². The molecule has 4 rings (SSSR count). The summed E-state index contributed by atoms with van der Waals surface area (Å²) < 4.78 is 15.6. The minimum Gasteiger partial charge on any atom is -0.350 e. The third kappa shape index (κ3) is 4.86. The quantitative estimate of drug-likeness (QED) is 0.351. The van der Waals surface area contributed by atoms with E-state index in [1.165, 1.54) is 6.07 Å². The molecule has 152 valence electrons. The first-order valence-electron chi connectivity index (χ1n) is 9.59. The van der Waals surface area contributed by atoms with Crippen molar-refractivity contribution in [2.24, 2.45) is 0 Å². The zero-order valence-electron chi connectivity index (χ0n) is 16.1. The van der Waals surface area contributed by atoms with Crippen molar-refractivity contribution in [2.45, 2.75) is 17.2 Å². The number of halogens is 2. The minimum atomic E-state index is -0.216. The number of rotatable bonds is 7. The maximum absolute atomic E-state index is 13.4. The Morgan fingerprint density at radius 3 is 2.63 bits per heavy atom. The van der Waals surface area contributed by atoms with E-state index in [2.05, 4.69) is 28.2 Å². The fourth-order valence-electron chi connectivity index (χ4n) is 3.29. The standard InChI is InChI=1S/C24H20ClFN2OS/c25-19-10-8-18(9-11-19)24(29)27-12-13-28-15-23(21-6-1-2-7-22(21)28)30-16-17-4-3-5-20(26)14-17/h1-11,14-15H,12-13,16H2,(H,27,29). The van der Waals surface area contributed by atoms with Crippen LogP contribution in [0.15, 0.2) is 83.9 Å². The summed E-state index contributed by atoms with van der Waals surface area (Å²) in [6.45, 7) is 1.16. The van der Waals surface area contributed by atoms with Gasteiger partial charge in [-0.1, -0.05) is 41.9 Å². The Morgan fingerprint density at radius 1 is 1.03 bits per heavy atom. The van der Waals surface area contributed by atoms with Crippen molar-refractivity contribution in [1.29, 1.82) is 0 Å². The normalized spacial score (nSPS) is 11.0. The van der Waals surface area contributed by atoms with Gasteiger partial charge in [0.25, 0.3) is 5.91 Å². The highest BCUT2D eigenvalue weighted by Gasteiger charge is 2.10. The predicted octanol–water partition coefficient (Wildman–Crippen LogP) is 6.16. The molecule has 1 amide bonds. The number of carbonyl (C=O) groups excluding carboxylic acids is 1. The molecule has 0 fully saturated rings. The fraction of sp³-hybridized carbons (Fsp3) is 0.125. The molecule has 0 saturated carbocycles. The molecule has 0 aliphatic carbocycles. The average Bonchev–Trinajstić information content (AvgIpc) is 3.11. The van der Waals surface area contributed by atoms with Crippen molar-refractivity contribution in [3.63, 3.8) is 0 Å². The smallest absolute Gasteiger partial charge is 0.251 e. The van der Waals surface area contributed by atoms with Gasteiger partial charge in [0.05, 0.1) is 0 Å². The number of nitrogens with zero attached hydrogens (tertiary/aromatic N) is 1. The van der Waals surface area contributed by atoms with Gasteiger partial charge in [-0.2, -0.15) is 0 Å². The lowest BCUT2D eigenvalue weighted by molar-refractivity contribution is 0.0952. The number of para-hydroxylation sites is 1. The van der Waals surface area contributed by atoms with Gasteiger partial charge in [0.2, 0.25) is 0 Å². The van der Waals surface area contributed by atoms with E-state index in [-0.39, 0.29) is 11.7 Å². The minimum absolute atomic E-state index is 0.121. The largest absolute Gasteiger partial charge is 0.350 e. The van der Waals surface area contributed by atoms with E-state index in [9.17, 15) is 9.18 Å². The van der Waals surface area contributed by atoms with Crippen LogP contribution in [0, 0.1) is 5.82 Å². The van der Waals surface area contributed by atoms with Crippen molar-refractivity contribution in [3.8, 4) is 0 Å². The van der Waals surface area contributed by atoms with Crippen molar-refractivity contribution in [2.75, 3.05) is 6.54 Å². The highest BCUT2D eigenvalue weighted by molar-refractivity contribution is 7.98. The molecule has 1 heterocycles. The average molecular weight is 439 g/mol. The van der Waals surface area contributed by atoms with E-state index >= 15 is 0 Å². The molecule has 0 unspecified atom stereocenters. The Bertz CT molecular complexity index is 1170. The van der Waals surface area contributed by atoms with Crippen LogP contribution in [0.4, 0.5) is 4.39 Å². The molecular weight excluding hydrogens is 419 g/mol. The first-order valence-corrected chi connectivity index (χ1v) is 11.0. The van der Waals surface area contributed by atoms with Crippen molar-refractivity contribution in [3.05, 3.63) is 101 Å². The fourth-order valence-corrected chi connectivity index (χ4v) is 4.45. The summed E-state index contributed by atoms with van der Waals surface area (Å²) in [6, 6.07) is 21.7. The molecule has 1 aromatic heterocycles. The Morgan fingerprint density at radius 2 is 1.83 bits per heavy atom. The number of thioether (sulfide) groups is 1. The lowest BCUT2D eigenvalue weighted by atomic mass is 10.2. The van der Waals surface area contributed by atoms with E-state index in [0.29, 0.717) is 29.4 Å². The third-order valence-corrected chi connectivity index (χ3v) is 6.15. The molecule has 3 nitrogen and oxygen atoms in total. The first kappa shape index (κ1) is 20.5. The molecule has 3 aromatic carbocycles. The molecule has 0 aliphatic heterocycles. The number of nitrogens with one attached hydrogen (secondary N) is 1. The molecule has 0 saturated heterocycles. The SMILES string of the molecule is O=C(NCCn1cc(SCc2cccc(F)c2)c2ccccc21)c1ccc(Cl)cc1. The van der Waals surface area contributed by atoms with E-state index < -0.39 is 0 Å². The van der Waals surface area contributed by atoms with E-state index in [1.807, 2.05) is 18.2 Å². The second-order valence-corrected chi connectivity index (χ2v) is 8.34. The zero-order valence-corrected chi connectivity index (χ0v) is 17.7. The van der Waals surface area contributed by atoms with Crippen molar-refractivity contribution in [1.82, 2.24) is 9.88 Å². The highest BCUT2D eigenvalue weighted by atomic mass is 35.5. The predicted molar refractivity (Wildman–Crippen MR) is 122 cm³/mol. The van der Waals surface area contributed by atoms with Crippen LogP contribution in [-0.4, -0.2) is 17.0 Å². The van der Waals surface area contributed by atoms with Gasteiger partial charge in [-0.25, -0.2) is 4.39 Å². The highest BCUT2D eigenvalue weighted by Crippen LogP contribution is 2.32. The zero-order chi connectivity index (χ0) is 20.9. The molecule has 0 radical (unpaired) electrons. The summed E-state index contributed by atoms with van der Waals surface area (Å²) >= 11 is 7.56. The van der Waals surface area contributed by atoms with E-state index in [1.54, 1.807) is 48.2 Å². The molecule has 1 N–H and O–H groups in total. The Labute approximate surface area is 183 Å². The van der Waals surface area contributed by atoms with Crippen LogP contribution in [0.1, 0.15) is 15.9 Å². The summed E-state index contributed by atoms with van der Waals surface area (Å²) in [5.41, 5.74) is 2.65. The number of amides is 1. The number of hydrogen-bond donors (Lipinski definition) is 1. The molecular formula is C24H20ClFN2OS. The van der Waals surface area contributed by atoms with Gasteiger partial charge in [-0.05, 0) is 48.0 Å². The van der Waals surface area contributed by atoms with E-state index in [4.69, 9.17) is 11.6 Å². The summed E-state index contributed by atoms with van der Waals surface area (Å²) in [4.78, 5) is 13.4. The van der Waals surface area contributed by atoms with Gasteiger partial charge in [0.15, 0.2) is 0 Å². The summed E-state index contributed by atoms with van der Waals surface area (Å²) in [5.74, 6) is 0.356. The summed E-state index contributed by atoms with van der Waals surface area (Å²) in [6.07, 6.45) is 2.10. The molecule has 30 heavy (non-hydrogen) atoms. The number of fused-ring (bicyclic) bond motifs is 1. The lowest BCUT2D eigenvalue weighted by Gasteiger charge is -2.08. The second-order valence-electron chi connectivity index (χ2n) is 6.89. The molecule has 0 bridgehead atoms. The Hall–Kier alpha value is -2.76. The maximum atomic E-state index is 13.4. The number of aromatic nitrogens is 1. The molecule has 0 atom stereocenters. The third-order valence-electron chi connectivity index (χ3n) is 4.78. The molecule has 0 spiro atoms. The van der Waals surface area contributed by atoms with Crippen LogP contribution in [0.5, 0.6) is 0 Å². The van der Waals surface area contributed by atoms with Crippen LogP contribution >= 0.6 is 23.4 Å². The molecule has 6 heteroatoms. The van der Waals surface area contributed by atoms with Crippen LogP contribution in [0.3, 0.4) is 0 Å². The van der Waals surface area contributed by atoms with E-state index in [0.717, 1.165) is 21.4 Å². The first-order chi connectivity index (χ1) is 14.6. The topological polar surface area (TPSA) is 34.0 Å². The van der Waals surface area contributed by atoms with Crippen molar-refractivity contribution < 1.29 is 9.18 Å². The number of hydrogen-bond acceptors (Lipinski definition) is 2. The lowest BCUT2D eigenvalue weighted by Crippen LogP contribution is -2.27. The van der Waals surface area contributed by atoms with Gasteiger partial charge >= 0.3 is 0 Å². The number of carbonyl (C=O) groups is 1. The van der Waals surface area contributed by atoms with Gasteiger partial charge in [-0.3, -0.25) is 4.79 Å². The number of benzene rings is 3. The van der Waals surface area contributed by atoms with Crippen LogP contribution in [0.2, 0.25) is 5.02 Å². The second kappa shape index (κ2) is 9.37. The van der Waals surface area contributed by atoms with Crippen LogP contribution in [-0.2, 0) is 12.3 Å². The van der Waals surface area contributed by atoms with Crippen LogP contribution in [0.25, 0.3) is 10.9 Å². The van der Waals surface area contributed by atoms with Gasteiger partial charge in [-0.15, -0.1) is 11.8 Å². The molecule has 0 aliphatic rings. The Balaban J connectivity index is 1.44. The maximum Gasteiger partial charge on any atom is 0.251 e.